The van der Waals surface area contributed by atoms with Gasteiger partial charge in [0.15, 0.2) is 0 Å². The lowest BCUT2D eigenvalue weighted by atomic mass is 9.94. The van der Waals surface area contributed by atoms with Gasteiger partial charge in [-0.05, 0) is 24.7 Å². The van der Waals surface area contributed by atoms with Gasteiger partial charge in [-0.2, -0.15) is 0 Å². The highest BCUT2D eigenvalue weighted by Crippen LogP contribution is 2.43. The molecule has 1 fully saturated rings. The highest BCUT2D eigenvalue weighted by Gasteiger charge is 2.41. The van der Waals surface area contributed by atoms with Crippen molar-refractivity contribution >= 4 is 5.97 Å². The topological polar surface area (TPSA) is 71.7 Å². The van der Waals surface area contributed by atoms with E-state index >= 15 is 0 Å². The lowest BCUT2D eigenvalue weighted by molar-refractivity contribution is -0.151. The summed E-state index contributed by atoms with van der Waals surface area (Å²) in [4.78, 5) is 16.9. The summed E-state index contributed by atoms with van der Waals surface area (Å²) >= 11 is 0. The van der Waals surface area contributed by atoms with Crippen LogP contribution in [-0.2, 0) is 4.79 Å². The predicted molar refractivity (Wildman–Crippen MR) is 58.2 cm³/mol. The van der Waals surface area contributed by atoms with Gasteiger partial charge in [-0.25, -0.2) is 4.79 Å². The van der Waals surface area contributed by atoms with Crippen molar-refractivity contribution < 1.29 is 19.8 Å². The molecule has 2 aliphatic carbocycles. The second kappa shape index (κ2) is 3.55. The molecule has 1 saturated carbocycles. The van der Waals surface area contributed by atoms with Crippen LogP contribution >= 0.6 is 0 Å². The summed E-state index contributed by atoms with van der Waals surface area (Å²) in [6.45, 7) is 0. The molecule has 90 valence electrons. The molecule has 5 heteroatoms. The van der Waals surface area contributed by atoms with Gasteiger partial charge in [0.2, 0.25) is 11.8 Å². The maximum absolute atomic E-state index is 11.9. The summed E-state index contributed by atoms with van der Waals surface area (Å²) in [6, 6.07) is 2.53. The van der Waals surface area contributed by atoms with E-state index in [1.54, 1.807) is 0 Å². The highest BCUT2D eigenvalue weighted by molar-refractivity contribution is 5.74. The lowest BCUT2D eigenvalue weighted by Crippen LogP contribution is -2.29. The van der Waals surface area contributed by atoms with E-state index in [1.807, 2.05) is 0 Å². The fraction of sp³-hybridized carbons (Fsp3) is 0.417. The Kier molecular flexibility index (Phi) is 2.14. The van der Waals surface area contributed by atoms with E-state index in [4.69, 9.17) is 4.84 Å². The van der Waals surface area contributed by atoms with Crippen LogP contribution in [0.2, 0.25) is 0 Å². The van der Waals surface area contributed by atoms with E-state index in [2.05, 4.69) is 12.2 Å². The first-order valence-electron chi connectivity index (χ1n) is 5.65. The third-order valence-corrected chi connectivity index (χ3v) is 3.56. The first-order valence-corrected chi connectivity index (χ1v) is 5.65. The molecule has 0 aliphatic heterocycles. The summed E-state index contributed by atoms with van der Waals surface area (Å²) in [5, 5.41) is 18.7. The predicted octanol–water partition coefficient (Wildman–Crippen LogP) is 1.07. The molecule has 0 aromatic carbocycles. The number of aromatic nitrogens is 1. The molecule has 1 aromatic heterocycles. The summed E-state index contributed by atoms with van der Waals surface area (Å²) in [7, 11) is 0. The molecule has 2 unspecified atom stereocenters. The van der Waals surface area contributed by atoms with E-state index in [1.165, 1.54) is 12.1 Å². The number of fused-ring (bicyclic) bond motifs is 2. The van der Waals surface area contributed by atoms with Gasteiger partial charge in [0.1, 0.15) is 0 Å². The van der Waals surface area contributed by atoms with Gasteiger partial charge in [0.25, 0.3) is 0 Å². The van der Waals surface area contributed by atoms with Gasteiger partial charge in [-0.1, -0.05) is 12.2 Å². The number of rotatable bonds is 2. The second-order valence-corrected chi connectivity index (χ2v) is 4.64. The fourth-order valence-corrected chi connectivity index (χ4v) is 2.70. The zero-order chi connectivity index (χ0) is 12.0. The molecular formula is C12H13NO4. The monoisotopic (exact) mass is 235 g/mol. The van der Waals surface area contributed by atoms with Crippen LogP contribution in [0.4, 0.5) is 0 Å². The molecule has 1 heterocycles. The molecule has 0 radical (unpaired) electrons. The number of carbonyl (C=O) groups excluding carboxylic acids is 1. The quantitative estimate of drug-likeness (QED) is 0.752. The van der Waals surface area contributed by atoms with Crippen LogP contribution in [0, 0.1) is 17.8 Å². The number of hydrogen-bond acceptors (Lipinski definition) is 4. The molecule has 2 bridgehead atoms. The summed E-state index contributed by atoms with van der Waals surface area (Å²) in [5.74, 6) is -0.407. The Balaban J connectivity index is 1.74. The van der Waals surface area contributed by atoms with Crippen molar-refractivity contribution in [1.82, 2.24) is 4.73 Å². The third kappa shape index (κ3) is 1.58. The Morgan fingerprint density at radius 2 is 1.94 bits per heavy atom. The van der Waals surface area contributed by atoms with Crippen LogP contribution in [0.25, 0.3) is 0 Å². The molecule has 2 N–H and O–H groups in total. The number of allylic oxidation sites excluding steroid dienone is 2. The van der Waals surface area contributed by atoms with Crippen molar-refractivity contribution in [3.8, 4) is 11.8 Å². The van der Waals surface area contributed by atoms with Crippen molar-refractivity contribution in [3.63, 3.8) is 0 Å². The Morgan fingerprint density at radius 1 is 1.24 bits per heavy atom. The summed E-state index contributed by atoms with van der Waals surface area (Å²) in [5.41, 5.74) is 0. The Hall–Kier alpha value is -1.91. The third-order valence-electron chi connectivity index (χ3n) is 3.56. The van der Waals surface area contributed by atoms with Gasteiger partial charge >= 0.3 is 5.97 Å². The largest absolute Gasteiger partial charge is 0.492 e. The maximum Gasteiger partial charge on any atom is 0.336 e. The van der Waals surface area contributed by atoms with Crippen LogP contribution in [0.3, 0.4) is 0 Å². The normalized spacial score (nSPS) is 29.8. The van der Waals surface area contributed by atoms with Crippen LogP contribution < -0.4 is 4.84 Å². The first kappa shape index (κ1) is 10.3. The standard InChI is InChI=1S/C12H13NO4/c14-10-3-4-11(15)13(10)17-12(16)9-6-7-1-2-8(9)5-7/h1-4,7-9,14-15H,5-6H2/t7?,8?,9-/m0/s1. The van der Waals surface area contributed by atoms with Gasteiger partial charge < -0.3 is 15.1 Å². The van der Waals surface area contributed by atoms with Crippen molar-refractivity contribution in [1.29, 1.82) is 0 Å². The number of nitrogens with zero attached hydrogens (tertiary/aromatic N) is 1. The number of carbonyl (C=O) groups is 1. The average Bonchev–Trinajstić information content (AvgIpc) is 2.99. The van der Waals surface area contributed by atoms with Crippen LogP contribution in [0.15, 0.2) is 24.3 Å². The lowest BCUT2D eigenvalue weighted by Gasteiger charge is -2.16. The maximum atomic E-state index is 11.9. The second-order valence-electron chi connectivity index (χ2n) is 4.64. The number of hydrogen-bond donors (Lipinski definition) is 2. The van der Waals surface area contributed by atoms with E-state index in [0.717, 1.165) is 17.6 Å². The van der Waals surface area contributed by atoms with Gasteiger partial charge in [0, 0.05) is 12.1 Å². The molecule has 17 heavy (non-hydrogen) atoms. The van der Waals surface area contributed by atoms with E-state index in [9.17, 15) is 15.0 Å². The SMILES string of the molecule is O=C(On1c(O)ccc1O)[C@H]1CC2C=CC1C2. The van der Waals surface area contributed by atoms with Crippen molar-refractivity contribution in [2.24, 2.45) is 17.8 Å². The van der Waals surface area contributed by atoms with Crippen LogP contribution in [0.5, 0.6) is 11.8 Å². The molecule has 1 aromatic rings. The first-order chi connectivity index (χ1) is 8.15. The van der Waals surface area contributed by atoms with Crippen LogP contribution in [-0.4, -0.2) is 20.9 Å². The van der Waals surface area contributed by atoms with Crippen molar-refractivity contribution in [2.45, 2.75) is 12.8 Å². The van der Waals surface area contributed by atoms with E-state index in [-0.39, 0.29) is 23.6 Å². The van der Waals surface area contributed by atoms with Gasteiger partial charge in [-0.3, -0.25) is 0 Å². The molecular weight excluding hydrogens is 222 g/mol. The average molecular weight is 235 g/mol. The Bertz CT molecular complexity index is 471. The van der Waals surface area contributed by atoms with Gasteiger partial charge in [0.05, 0.1) is 5.92 Å². The fourth-order valence-electron chi connectivity index (χ4n) is 2.70. The molecule has 3 atom stereocenters. The molecule has 0 saturated heterocycles. The molecule has 5 nitrogen and oxygen atoms in total. The van der Waals surface area contributed by atoms with Crippen LogP contribution in [0.1, 0.15) is 12.8 Å². The van der Waals surface area contributed by atoms with E-state index in [0.29, 0.717) is 5.92 Å². The molecule has 0 amide bonds. The summed E-state index contributed by atoms with van der Waals surface area (Å²) in [6.07, 6.45) is 5.99. The molecule has 0 spiro atoms. The Labute approximate surface area is 97.9 Å². The minimum atomic E-state index is -0.399. The van der Waals surface area contributed by atoms with Crippen molar-refractivity contribution in [3.05, 3.63) is 24.3 Å². The molecule has 3 rings (SSSR count). The van der Waals surface area contributed by atoms with E-state index < -0.39 is 5.97 Å². The minimum absolute atomic E-state index is 0.161. The molecule has 2 aliphatic rings. The number of aromatic hydroxyl groups is 2. The zero-order valence-electron chi connectivity index (χ0n) is 9.11. The van der Waals surface area contributed by atoms with Gasteiger partial charge in [-0.15, -0.1) is 4.73 Å². The smallest absolute Gasteiger partial charge is 0.336 e. The summed E-state index contributed by atoms with van der Waals surface area (Å²) < 4.78 is 0.748. The zero-order valence-corrected chi connectivity index (χ0v) is 9.11. The highest BCUT2D eigenvalue weighted by atomic mass is 16.7. The van der Waals surface area contributed by atoms with Crippen molar-refractivity contribution in [2.75, 3.05) is 0 Å². The Morgan fingerprint density at radius 3 is 2.47 bits per heavy atom. The minimum Gasteiger partial charge on any atom is -0.492 e.